The van der Waals surface area contributed by atoms with Crippen molar-refractivity contribution < 1.29 is 17.4 Å². The molecule has 0 atom stereocenters. The molecule has 2 aromatic rings. The Kier molecular flexibility index (Phi) is 10.7. The maximum Gasteiger partial charge on any atom is -0.147 e. The van der Waals surface area contributed by atoms with Crippen molar-refractivity contribution in [3.63, 3.8) is 0 Å². The van der Waals surface area contributed by atoms with E-state index in [0.717, 1.165) is 22.9 Å². The number of fused-ring (bicyclic) bond motifs is 2. The number of rotatable bonds is 6. The topological polar surface area (TPSA) is 0 Å². The van der Waals surface area contributed by atoms with Crippen LogP contribution >= 0.6 is 48.0 Å². The van der Waals surface area contributed by atoms with E-state index in [4.69, 9.17) is 23.2 Å². The fourth-order valence-electron chi connectivity index (χ4n) is 7.18. The summed E-state index contributed by atoms with van der Waals surface area (Å²) >= 11 is 8.67. The minimum absolute atomic E-state index is 0. The van der Waals surface area contributed by atoms with E-state index in [9.17, 15) is 0 Å². The summed E-state index contributed by atoms with van der Waals surface area (Å²) in [6, 6.07) is 39.6. The molecule has 0 aromatic heterocycles. The zero-order chi connectivity index (χ0) is 29.7. The van der Waals surface area contributed by atoms with Gasteiger partial charge in [-0.25, -0.2) is 0 Å². The standard InChI is InChI=1S/2C18H14Cl.2CH3.2ClH.H2Si.Zr/c2*1-2-13-11-15-5-3-4-6-17(18(15)12-13)14-7-9-16(19)10-8-14;;;;;;/h2*3-10,12H,2H2,1H3;2*1H3;2*1H;1H2;. The minimum atomic E-state index is -3.88. The van der Waals surface area contributed by atoms with E-state index in [1.165, 1.54) is 55.6 Å². The summed E-state index contributed by atoms with van der Waals surface area (Å²) in [5.74, 6) is 0. The molecule has 0 N–H and O–H groups in total. The van der Waals surface area contributed by atoms with Crippen LogP contribution in [0.25, 0.3) is 44.5 Å². The first-order valence-corrected chi connectivity index (χ1v) is 28.9. The Balaban J connectivity index is 0.00000221. The molecule has 44 heavy (non-hydrogen) atoms. The van der Waals surface area contributed by atoms with Gasteiger partial charge >= 0.3 is 265 Å². The van der Waals surface area contributed by atoms with Crippen molar-refractivity contribution in [2.45, 2.75) is 36.0 Å². The van der Waals surface area contributed by atoms with Crippen LogP contribution in [0.1, 0.15) is 25.0 Å². The van der Waals surface area contributed by atoms with E-state index in [-0.39, 0.29) is 24.8 Å². The Bertz CT molecular complexity index is 1800. The quantitative estimate of drug-likeness (QED) is 0.149. The molecule has 4 aliphatic carbocycles. The molecule has 0 amide bonds. The van der Waals surface area contributed by atoms with Crippen LogP contribution in [-0.2, 0) is 30.2 Å². The molecule has 0 radical (unpaired) electrons. The Labute approximate surface area is 287 Å². The van der Waals surface area contributed by atoms with Crippen LogP contribution in [-0.4, -0.2) is 6.88 Å². The molecule has 0 saturated carbocycles. The van der Waals surface area contributed by atoms with Crippen LogP contribution in [0.4, 0.5) is 0 Å². The van der Waals surface area contributed by atoms with Gasteiger partial charge in [0, 0.05) is 0 Å². The van der Waals surface area contributed by atoms with Crippen molar-refractivity contribution in [2.75, 3.05) is 0 Å². The number of aryl methyl sites for hydroxylation is 2. The SMILES string of the molecule is CCc1cc2c(-c3ccc(Cl)cc3)ccccc-2[c]1[Zr]([CH3])([CH3])(=[SiH2])[c]1c(CC)cc2c(-c3ccc(Cl)cc3)ccccc1-2.Cl.Cl. The van der Waals surface area contributed by atoms with Gasteiger partial charge in [0.2, 0.25) is 0 Å². The van der Waals surface area contributed by atoms with Crippen molar-refractivity contribution in [1.82, 2.24) is 0 Å². The number of hydrogen-bond acceptors (Lipinski definition) is 0. The molecular weight excluding hydrogens is 718 g/mol. The summed E-state index contributed by atoms with van der Waals surface area (Å²) < 4.78 is 8.57. The normalized spacial score (nSPS) is 11.7. The fraction of sp³-hybridized carbons (Fsp3) is 0.158. The van der Waals surface area contributed by atoms with Gasteiger partial charge < -0.3 is 0 Å². The van der Waals surface area contributed by atoms with Gasteiger partial charge in [0.05, 0.1) is 0 Å². The summed E-state index contributed by atoms with van der Waals surface area (Å²) in [4.78, 5) is 0. The monoisotopic (exact) mass is 752 g/mol. The Morgan fingerprint density at radius 3 is 1.14 bits per heavy atom. The third kappa shape index (κ3) is 6.12. The van der Waals surface area contributed by atoms with Gasteiger partial charge in [-0.1, -0.05) is 0 Å². The van der Waals surface area contributed by atoms with Crippen molar-refractivity contribution in [3.05, 3.63) is 130 Å². The molecule has 2 aromatic carbocycles. The molecule has 0 saturated heterocycles. The van der Waals surface area contributed by atoms with Gasteiger partial charge in [-0.2, -0.15) is 0 Å². The predicted octanol–water partition coefficient (Wildman–Crippen LogP) is 10.8. The molecule has 0 heterocycles. The van der Waals surface area contributed by atoms with Gasteiger partial charge in [-0.15, -0.1) is 24.8 Å². The molecule has 0 nitrogen and oxygen atoms in total. The summed E-state index contributed by atoms with van der Waals surface area (Å²) in [7, 11) is 0. The van der Waals surface area contributed by atoms with E-state index in [1.807, 2.05) is 24.3 Å². The van der Waals surface area contributed by atoms with Crippen LogP contribution in [0.3, 0.4) is 0 Å². The summed E-state index contributed by atoms with van der Waals surface area (Å²) in [5, 5.41) is 1.53. The third-order valence-electron chi connectivity index (χ3n) is 8.93. The van der Waals surface area contributed by atoms with Gasteiger partial charge in [-0.05, 0) is 0 Å². The first kappa shape index (κ1) is 35.0. The zero-order valence-electron chi connectivity index (χ0n) is 25.6. The maximum absolute atomic E-state index is 6.28. The summed E-state index contributed by atoms with van der Waals surface area (Å²) in [5.41, 5.74) is 13.4. The number of halogens is 4. The van der Waals surface area contributed by atoms with Gasteiger partial charge in [-0.3, -0.25) is 0 Å². The number of hydrogen-bond donors (Lipinski definition) is 0. The average Bonchev–Trinajstić information content (AvgIpc) is 3.40. The Hall–Kier alpha value is -1.90. The first-order chi connectivity index (χ1) is 20.1. The Morgan fingerprint density at radius 1 is 0.500 bits per heavy atom. The molecule has 0 spiro atoms. The molecule has 6 heteroatoms. The van der Waals surface area contributed by atoms with E-state index >= 15 is 0 Å². The minimum Gasteiger partial charge on any atom is -0.147 e. The molecule has 226 valence electrons. The van der Waals surface area contributed by atoms with Crippen molar-refractivity contribution >= 4 is 61.4 Å². The van der Waals surface area contributed by atoms with Crippen LogP contribution in [0.2, 0.25) is 19.3 Å². The zero-order valence-corrected chi connectivity index (χ0v) is 32.6. The summed E-state index contributed by atoms with van der Waals surface area (Å²) in [6.07, 6.45) is 2.03. The van der Waals surface area contributed by atoms with Crippen LogP contribution in [0.5, 0.6) is 0 Å². The van der Waals surface area contributed by atoms with E-state index < -0.39 is 17.4 Å². The molecule has 0 unspecified atom stereocenters. The molecule has 6 rings (SSSR count). The first-order valence-electron chi connectivity index (χ1n) is 14.8. The fourth-order valence-corrected chi connectivity index (χ4v) is 24.6. The van der Waals surface area contributed by atoms with Gasteiger partial charge in [0.15, 0.2) is 0 Å². The van der Waals surface area contributed by atoms with Crippen molar-refractivity contribution in [2.24, 2.45) is 0 Å². The van der Waals surface area contributed by atoms with Gasteiger partial charge in [0.25, 0.3) is 0 Å². The molecule has 4 aliphatic rings. The van der Waals surface area contributed by atoms with Crippen LogP contribution in [0, 0.1) is 0 Å². The predicted molar refractivity (Wildman–Crippen MR) is 200 cm³/mol. The second-order valence-electron chi connectivity index (χ2n) is 12.4. The van der Waals surface area contributed by atoms with E-state index in [1.54, 1.807) is 6.54 Å². The van der Waals surface area contributed by atoms with Gasteiger partial charge in [0.1, 0.15) is 0 Å². The van der Waals surface area contributed by atoms with E-state index in [2.05, 4.69) is 115 Å². The third-order valence-corrected chi connectivity index (χ3v) is 24.4. The van der Waals surface area contributed by atoms with Crippen LogP contribution in [0.15, 0.2) is 109 Å². The molecule has 0 aliphatic heterocycles. The van der Waals surface area contributed by atoms with Crippen LogP contribution < -0.4 is 6.54 Å². The largest absolute Gasteiger partial charge is 0.147 e. The molecule has 0 bridgehead atoms. The van der Waals surface area contributed by atoms with Crippen molar-refractivity contribution in [1.29, 1.82) is 0 Å². The Morgan fingerprint density at radius 2 is 0.818 bits per heavy atom. The second-order valence-corrected chi connectivity index (χ2v) is 41.5. The smallest absolute Gasteiger partial charge is 0.147 e. The summed E-state index contributed by atoms with van der Waals surface area (Å²) in [6.45, 7) is 6.98. The molecule has 0 fully saturated rings. The van der Waals surface area contributed by atoms with Crippen molar-refractivity contribution in [3.8, 4) is 44.5 Å². The second kappa shape index (κ2) is 13.4. The average molecular weight is 756 g/mol. The van der Waals surface area contributed by atoms with E-state index in [0.29, 0.717) is 0 Å². The maximum atomic E-state index is 6.28. The number of benzene rings is 2. The molecular formula is C38H38Cl4SiZr.